The number of rotatable bonds is 1. The monoisotopic (exact) mass is 284 g/mol. The third-order valence-corrected chi connectivity index (χ3v) is 3.58. The third kappa shape index (κ3) is 1.71. The van der Waals surface area contributed by atoms with Crippen molar-refractivity contribution in [2.45, 2.75) is 25.9 Å². The van der Waals surface area contributed by atoms with Crippen molar-refractivity contribution in [2.75, 3.05) is 7.11 Å². The van der Waals surface area contributed by atoms with Gasteiger partial charge in [0.2, 0.25) is 0 Å². The molecule has 0 aromatic heterocycles. The van der Waals surface area contributed by atoms with Crippen LogP contribution in [0.1, 0.15) is 35.7 Å². The number of benzene rings is 1. The quantitative estimate of drug-likeness (QED) is 0.744. The Bertz CT molecular complexity index is 442. The van der Waals surface area contributed by atoms with E-state index in [0.29, 0.717) is 5.56 Å². The number of carbonyl (C=O) groups excluding carboxylic acids is 1. The summed E-state index contributed by atoms with van der Waals surface area (Å²) in [6.45, 7) is 4.11. The molecule has 2 rings (SSSR count). The summed E-state index contributed by atoms with van der Waals surface area (Å²) in [5.74, 6) is 0.804. The van der Waals surface area contributed by atoms with Crippen LogP contribution in [0.25, 0.3) is 0 Å². The molecule has 3 nitrogen and oxygen atoms in total. The van der Waals surface area contributed by atoms with Gasteiger partial charge in [0.25, 0.3) is 0 Å². The van der Waals surface area contributed by atoms with E-state index in [1.54, 1.807) is 6.07 Å². The number of methoxy groups -OCH3 is 1. The molecule has 1 aliphatic heterocycles. The predicted octanol–water partition coefficient (Wildman–Crippen LogP) is 3.12. The van der Waals surface area contributed by atoms with Gasteiger partial charge in [-0.2, -0.15) is 0 Å². The summed E-state index contributed by atoms with van der Waals surface area (Å²) in [6.07, 6.45) is 0.138. The molecular formula is C12H13BrO3. The van der Waals surface area contributed by atoms with Crippen molar-refractivity contribution >= 4 is 21.9 Å². The highest BCUT2D eigenvalue weighted by Gasteiger charge is 2.30. The molecule has 0 amide bonds. The highest BCUT2D eigenvalue weighted by atomic mass is 79.9. The molecule has 0 spiro atoms. The lowest BCUT2D eigenvalue weighted by molar-refractivity contribution is 0.0600. The van der Waals surface area contributed by atoms with Gasteiger partial charge in [-0.05, 0) is 35.0 Å². The number of halogens is 1. The van der Waals surface area contributed by atoms with Gasteiger partial charge in [0.15, 0.2) is 0 Å². The molecule has 86 valence electrons. The first kappa shape index (κ1) is 11.5. The summed E-state index contributed by atoms with van der Waals surface area (Å²) in [5, 5.41) is 0. The maximum atomic E-state index is 11.5. The summed E-state index contributed by atoms with van der Waals surface area (Å²) >= 11 is 3.42. The zero-order valence-corrected chi connectivity index (χ0v) is 11.0. The number of esters is 1. The minimum absolute atomic E-state index is 0.138. The van der Waals surface area contributed by atoms with Gasteiger partial charge in [-0.15, -0.1) is 0 Å². The second-order valence-corrected chi connectivity index (χ2v) is 4.83. The molecule has 1 heterocycles. The van der Waals surface area contributed by atoms with E-state index >= 15 is 0 Å². The van der Waals surface area contributed by atoms with E-state index in [-0.39, 0.29) is 18.0 Å². The highest BCUT2D eigenvalue weighted by Crippen LogP contribution is 2.43. The Morgan fingerprint density at radius 3 is 2.75 bits per heavy atom. The lowest BCUT2D eigenvalue weighted by Gasteiger charge is -2.07. The Morgan fingerprint density at radius 2 is 2.12 bits per heavy atom. The van der Waals surface area contributed by atoms with Gasteiger partial charge in [-0.1, -0.05) is 6.92 Å². The fraction of sp³-hybridized carbons (Fsp3) is 0.417. The molecule has 2 atom stereocenters. The lowest BCUT2D eigenvalue weighted by atomic mass is 9.97. The smallest absolute Gasteiger partial charge is 0.337 e. The lowest BCUT2D eigenvalue weighted by Crippen LogP contribution is -2.10. The summed E-state index contributed by atoms with van der Waals surface area (Å²) in [5.41, 5.74) is 1.61. The van der Waals surface area contributed by atoms with Crippen molar-refractivity contribution in [1.29, 1.82) is 0 Å². The maximum Gasteiger partial charge on any atom is 0.337 e. The molecular weight excluding hydrogens is 272 g/mol. The average Bonchev–Trinajstić information content (AvgIpc) is 2.56. The normalized spacial score (nSPS) is 22.5. The largest absolute Gasteiger partial charge is 0.489 e. The molecule has 1 aliphatic rings. The number of carbonyl (C=O) groups is 1. The van der Waals surface area contributed by atoms with Gasteiger partial charge in [0, 0.05) is 11.5 Å². The summed E-state index contributed by atoms with van der Waals surface area (Å²) in [7, 11) is 1.38. The first-order chi connectivity index (χ1) is 7.54. The van der Waals surface area contributed by atoms with Crippen LogP contribution in [0.5, 0.6) is 5.75 Å². The zero-order valence-electron chi connectivity index (χ0n) is 9.41. The van der Waals surface area contributed by atoms with Crippen molar-refractivity contribution in [1.82, 2.24) is 0 Å². The van der Waals surface area contributed by atoms with E-state index < -0.39 is 0 Å². The SMILES string of the molecule is COC(=O)c1cc(Br)c2c(c1)[C@H](C)[C@@H](C)O2. The zero-order chi connectivity index (χ0) is 11.9. The first-order valence-electron chi connectivity index (χ1n) is 5.13. The van der Waals surface area contributed by atoms with Gasteiger partial charge in [0.05, 0.1) is 17.1 Å². The van der Waals surface area contributed by atoms with Crippen LogP contribution in [0, 0.1) is 0 Å². The van der Waals surface area contributed by atoms with Crippen molar-refractivity contribution < 1.29 is 14.3 Å². The van der Waals surface area contributed by atoms with E-state index in [2.05, 4.69) is 22.9 Å². The molecule has 0 unspecified atom stereocenters. The molecule has 0 radical (unpaired) electrons. The van der Waals surface area contributed by atoms with Gasteiger partial charge in [0.1, 0.15) is 11.9 Å². The van der Waals surface area contributed by atoms with E-state index in [4.69, 9.17) is 9.47 Å². The summed E-state index contributed by atoms with van der Waals surface area (Å²) < 4.78 is 11.2. The van der Waals surface area contributed by atoms with E-state index in [9.17, 15) is 4.79 Å². The molecule has 0 saturated heterocycles. The highest BCUT2D eigenvalue weighted by molar-refractivity contribution is 9.10. The van der Waals surface area contributed by atoms with Gasteiger partial charge < -0.3 is 9.47 Å². The van der Waals surface area contributed by atoms with Gasteiger partial charge >= 0.3 is 5.97 Å². The fourth-order valence-corrected chi connectivity index (χ4v) is 2.42. The van der Waals surface area contributed by atoms with Crippen LogP contribution in [0.2, 0.25) is 0 Å². The number of hydrogen-bond donors (Lipinski definition) is 0. The minimum atomic E-state index is -0.324. The van der Waals surface area contributed by atoms with Crippen LogP contribution < -0.4 is 4.74 Å². The van der Waals surface area contributed by atoms with E-state index in [1.165, 1.54) is 7.11 Å². The number of hydrogen-bond acceptors (Lipinski definition) is 3. The van der Waals surface area contributed by atoms with Crippen molar-refractivity contribution in [3.8, 4) is 5.75 Å². The summed E-state index contributed by atoms with van der Waals surface area (Å²) in [6, 6.07) is 3.58. The van der Waals surface area contributed by atoms with Crippen LogP contribution in [-0.2, 0) is 4.74 Å². The van der Waals surface area contributed by atoms with Crippen LogP contribution in [0.4, 0.5) is 0 Å². The molecule has 4 heteroatoms. The molecule has 0 bridgehead atoms. The second kappa shape index (κ2) is 4.09. The number of fused-ring (bicyclic) bond motifs is 1. The van der Waals surface area contributed by atoms with Gasteiger partial charge in [-0.3, -0.25) is 0 Å². The topological polar surface area (TPSA) is 35.5 Å². The Hall–Kier alpha value is -1.03. The molecule has 1 aromatic carbocycles. The van der Waals surface area contributed by atoms with Crippen LogP contribution in [0.3, 0.4) is 0 Å². The van der Waals surface area contributed by atoms with Crippen LogP contribution >= 0.6 is 15.9 Å². The summed E-state index contributed by atoms with van der Waals surface area (Å²) in [4.78, 5) is 11.5. The molecule has 0 aliphatic carbocycles. The molecule has 16 heavy (non-hydrogen) atoms. The molecule has 0 N–H and O–H groups in total. The minimum Gasteiger partial charge on any atom is -0.489 e. The van der Waals surface area contributed by atoms with Crippen molar-refractivity contribution in [2.24, 2.45) is 0 Å². The Labute approximate surface area is 103 Å². The Morgan fingerprint density at radius 1 is 1.44 bits per heavy atom. The number of ether oxygens (including phenoxy) is 2. The van der Waals surface area contributed by atoms with Crippen LogP contribution in [-0.4, -0.2) is 19.2 Å². The third-order valence-electron chi connectivity index (χ3n) is 2.99. The molecule has 0 saturated carbocycles. The van der Waals surface area contributed by atoms with Crippen molar-refractivity contribution in [3.05, 3.63) is 27.7 Å². The Kier molecular flexibility index (Phi) is 2.93. The van der Waals surface area contributed by atoms with Gasteiger partial charge in [-0.25, -0.2) is 4.79 Å². The maximum absolute atomic E-state index is 11.5. The predicted molar refractivity (Wildman–Crippen MR) is 64.0 cm³/mol. The molecule has 1 aromatic rings. The van der Waals surface area contributed by atoms with E-state index in [1.807, 2.05) is 13.0 Å². The van der Waals surface area contributed by atoms with Crippen molar-refractivity contribution in [3.63, 3.8) is 0 Å². The standard InChI is InChI=1S/C12H13BrO3/c1-6-7(2)16-11-9(6)4-8(5-10(11)13)12(14)15-3/h4-7H,1-3H3/t6-,7-/m1/s1. The first-order valence-corrected chi connectivity index (χ1v) is 5.92. The Balaban J connectivity index is 2.50. The average molecular weight is 285 g/mol. The van der Waals surface area contributed by atoms with Crippen LogP contribution in [0.15, 0.2) is 16.6 Å². The second-order valence-electron chi connectivity index (χ2n) is 3.98. The van der Waals surface area contributed by atoms with E-state index in [0.717, 1.165) is 15.8 Å². The fourth-order valence-electron chi connectivity index (χ4n) is 1.85. The molecule has 0 fully saturated rings.